The molecule has 0 aromatic heterocycles. The minimum absolute atomic E-state index is 0.0413. The number of aliphatic hydroxyl groups is 1. The summed E-state index contributed by atoms with van der Waals surface area (Å²) in [7, 11) is -1.88. The van der Waals surface area contributed by atoms with Crippen molar-refractivity contribution in [3.63, 3.8) is 0 Å². The Morgan fingerprint density at radius 3 is 2.55 bits per heavy atom. The van der Waals surface area contributed by atoms with Crippen molar-refractivity contribution in [1.82, 2.24) is 4.31 Å². The molecule has 0 radical (unpaired) electrons. The summed E-state index contributed by atoms with van der Waals surface area (Å²) < 4.78 is 32.0. The molecule has 1 unspecified atom stereocenters. The van der Waals surface area contributed by atoms with Gasteiger partial charge in [-0.05, 0) is 30.5 Å². The van der Waals surface area contributed by atoms with Gasteiger partial charge in [0.2, 0.25) is 10.0 Å². The van der Waals surface area contributed by atoms with Crippen molar-refractivity contribution in [2.45, 2.75) is 37.7 Å². The topological polar surface area (TPSA) is 66.8 Å². The molecular formula is C16H25NO4S. The number of rotatable bonds is 7. The molecule has 5 nitrogen and oxygen atoms in total. The molecular weight excluding hydrogens is 302 g/mol. The van der Waals surface area contributed by atoms with Gasteiger partial charge in [-0.2, -0.15) is 4.31 Å². The molecule has 1 N–H and O–H groups in total. The maximum absolute atomic E-state index is 12.7. The summed E-state index contributed by atoms with van der Waals surface area (Å²) >= 11 is 0. The molecule has 1 aromatic carbocycles. The minimum Gasteiger partial charge on any atom is -0.396 e. The molecule has 2 rings (SSSR count). The molecule has 0 saturated carbocycles. The number of benzene rings is 1. The van der Waals surface area contributed by atoms with Crippen LogP contribution in [-0.4, -0.2) is 44.6 Å². The molecule has 0 aliphatic carbocycles. The molecule has 0 amide bonds. The van der Waals surface area contributed by atoms with Crippen molar-refractivity contribution in [2.24, 2.45) is 5.41 Å². The molecule has 6 heteroatoms. The first kappa shape index (κ1) is 17.4. The fraction of sp³-hybridized carbons (Fsp3) is 0.625. The van der Waals surface area contributed by atoms with Crippen LogP contribution in [0.25, 0.3) is 0 Å². The highest BCUT2D eigenvalue weighted by Crippen LogP contribution is 2.37. The third-order valence-electron chi connectivity index (χ3n) is 4.39. The van der Waals surface area contributed by atoms with Gasteiger partial charge >= 0.3 is 0 Å². The van der Waals surface area contributed by atoms with Gasteiger partial charge in [-0.25, -0.2) is 8.42 Å². The van der Waals surface area contributed by atoms with E-state index in [1.165, 1.54) is 4.31 Å². The average Bonchev–Trinajstić information content (AvgIpc) is 2.94. The van der Waals surface area contributed by atoms with Crippen LogP contribution in [0.3, 0.4) is 0 Å². The highest BCUT2D eigenvalue weighted by molar-refractivity contribution is 7.89. The molecule has 0 spiro atoms. The van der Waals surface area contributed by atoms with E-state index in [2.05, 4.69) is 6.92 Å². The molecule has 124 valence electrons. The fourth-order valence-electron chi connectivity index (χ4n) is 3.12. The Labute approximate surface area is 133 Å². The first-order valence-electron chi connectivity index (χ1n) is 7.66. The molecule has 1 saturated heterocycles. The van der Waals surface area contributed by atoms with E-state index in [0.29, 0.717) is 24.6 Å². The second kappa shape index (κ2) is 7.08. The summed E-state index contributed by atoms with van der Waals surface area (Å²) in [5, 5.41) is 9.66. The van der Waals surface area contributed by atoms with Gasteiger partial charge in [-0.15, -0.1) is 0 Å². The van der Waals surface area contributed by atoms with Crippen LogP contribution in [0.4, 0.5) is 0 Å². The van der Waals surface area contributed by atoms with Crippen molar-refractivity contribution >= 4 is 10.0 Å². The van der Waals surface area contributed by atoms with Gasteiger partial charge in [0, 0.05) is 25.6 Å². The van der Waals surface area contributed by atoms with Crippen LogP contribution in [-0.2, 0) is 21.4 Å². The third kappa shape index (κ3) is 3.51. The summed E-state index contributed by atoms with van der Waals surface area (Å²) in [5.41, 5.74) is 0.663. The maximum atomic E-state index is 12.7. The van der Waals surface area contributed by atoms with E-state index >= 15 is 0 Å². The van der Waals surface area contributed by atoms with Gasteiger partial charge in [0.25, 0.3) is 0 Å². The van der Waals surface area contributed by atoms with Gasteiger partial charge in [-0.1, -0.05) is 25.5 Å². The summed E-state index contributed by atoms with van der Waals surface area (Å²) in [6.45, 7) is 3.44. The Kier molecular flexibility index (Phi) is 5.60. The molecule has 1 aromatic rings. The number of aliphatic hydroxyl groups excluding tert-OH is 1. The lowest BCUT2D eigenvalue weighted by Crippen LogP contribution is -2.34. The largest absolute Gasteiger partial charge is 0.396 e. The Morgan fingerprint density at radius 1 is 1.32 bits per heavy atom. The SMILES string of the molecule is CCCC1(CO)CCN(S(=O)(=O)c2ccc(COC)cc2)C1. The van der Waals surface area contributed by atoms with E-state index in [9.17, 15) is 13.5 Å². The lowest BCUT2D eigenvalue weighted by atomic mass is 9.84. The van der Waals surface area contributed by atoms with Gasteiger partial charge in [0.15, 0.2) is 0 Å². The van der Waals surface area contributed by atoms with E-state index in [4.69, 9.17) is 4.74 Å². The van der Waals surface area contributed by atoms with Crippen molar-refractivity contribution < 1.29 is 18.3 Å². The van der Waals surface area contributed by atoms with Crippen LogP contribution in [0.15, 0.2) is 29.2 Å². The normalized spacial score (nSPS) is 23.0. The summed E-state index contributed by atoms with van der Waals surface area (Å²) in [6, 6.07) is 6.81. The minimum atomic E-state index is -3.49. The standard InChI is InChI=1S/C16H25NO4S/c1-3-8-16(13-18)9-10-17(12-16)22(19,20)15-6-4-14(5-7-15)11-21-2/h4-7,18H,3,8-13H2,1-2H3. The number of hydrogen-bond acceptors (Lipinski definition) is 4. The van der Waals surface area contributed by atoms with Crippen LogP contribution in [0, 0.1) is 5.41 Å². The first-order chi connectivity index (χ1) is 10.5. The van der Waals surface area contributed by atoms with Crippen molar-refractivity contribution in [3.05, 3.63) is 29.8 Å². The highest BCUT2D eigenvalue weighted by atomic mass is 32.2. The molecule has 22 heavy (non-hydrogen) atoms. The molecule has 1 aliphatic rings. The van der Waals surface area contributed by atoms with Crippen LogP contribution in [0.1, 0.15) is 31.7 Å². The van der Waals surface area contributed by atoms with E-state index in [0.717, 1.165) is 24.8 Å². The average molecular weight is 327 g/mol. The number of hydrogen-bond donors (Lipinski definition) is 1. The zero-order valence-electron chi connectivity index (χ0n) is 13.3. The molecule has 1 atom stereocenters. The number of sulfonamides is 1. The van der Waals surface area contributed by atoms with Crippen LogP contribution in [0.2, 0.25) is 0 Å². The van der Waals surface area contributed by atoms with E-state index < -0.39 is 10.0 Å². The Hall–Kier alpha value is -0.950. The Morgan fingerprint density at radius 2 is 2.00 bits per heavy atom. The second-order valence-electron chi connectivity index (χ2n) is 6.07. The van der Waals surface area contributed by atoms with E-state index in [1.807, 2.05) is 0 Å². The lowest BCUT2D eigenvalue weighted by Gasteiger charge is -2.26. The van der Waals surface area contributed by atoms with E-state index in [-0.39, 0.29) is 12.0 Å². The highest BCUT2D eigenvalue weighted by Gasteiger charge is 2.41. The summed E-state index contributed by atoms with van der Waals surface area (Å²) in [5.74, 6) is 0. The fourth-order valence-corrected chi connectivity index (χ4v) is 4.67. The lowest BCUT2D eigenvalue weighted by molar-refractivity contribution is 0.127. The van der Waals surface area contributed by atoms with Crippen LogP contribution < -0.4 is 0 Å². The number of methoxy groups -OCH3 is 1. The van der Waals surface area contributed by atoms with Gasteiger partial charge in [0.05, 0.1) is 18.1 Å². The van der Waals surface area contributed by atoms with Crippen LogP contribution >= 0.6 is 0 Å². The first-order valence-corrected chi connectivity index (χ1v) is 9.10. The number of nitrogens with zero attached hydrogens (tertiary/aromatic N) is 1. The predicted molar refractivity (Wildman–Crippen MR) is 85.0 cm³/mol. The number of ether oxygens (including phenoxy) is 1. The Bertz CT molecular complexity index is 585. The van der Waals surface area contributed by atoms with E-state index in [1.54, 1.807) is 31.4 Å². The molecule has 1 fully saturated rings. The summed E-state index contributed by atoms with van der Waals surface area (Å²) in [6.07, 6.45) is 2.51. The maximum Gasteiger partial charge on any atom is 0.243 e. The van der Waals surface area contributed by atoms with Gasteiger partial charge < -0.3 is 9.84 Å². The summed E-state index contributed by atoms with van der Waals surface area (Å²) in [4.78, 5) is 0.303. The second-order valence-corrected chi connectivity index (χ2v) is 8.01. The smallest absolute Gasteiger partial charge is 0.243 e. The predicted octanol–water partition coefficient (Wildman–Crippen LogP) is 2.01. The third-order valence-corrected chi connectivity index (χ3v) is 6.25. The van der Waals surface area contributed by atoms with Crippen molar-refractivity contribution in [1.29, 1.82) is 0 Å². The van der Waals surface area contributed by atoms with Crippen LogP contribution in [0.5, 0.6) is 0 Å². The zero-order chi connectivity index (χ0) is 16.2. The zero-order valence-corrected chi connectivity index (χ0v) is 14.1. The van der Waals surface area contributed by atoms with Gasteiger partial charge in [-0.3, -0.25) is 0 Å². The molecule has 1 aliphatic heterocycles. The monoisotopic (exact) mass is 327 g/mol. The molecule has 1 heterocycles. The van der Waals surface area contributed by atoms with Gasteiger partial charge in [0.1, 0.15) is 0 Å². The van der Waals surface area contributed by atoms with Crippen molar-refractivity contribution in [2.75, 3.05) is 26.8 Å². The van der Waals surface area contributed by atoms with Crippen molar-refractivity contribution in [3.8, 4) is 0 Å². The Balaban J connectivity index is 2.17. The molecule has 0 bridgehead atoms. The quantitative estimate of drug-likeness (QED) is 0.832.